The molecule has 5 rings (SSSR count). The summed E-state index contributed by atoms with van der Waals surface area (Å²) in [7, 11) is 3.16. The second kappa shape index (κ2) is 11.2. The van der Waals surface area contributed by atoms with Crippen molar-refractivity contribution in [1.82, 2.24) is 29.4 Å². The zero-order valence-corrected chi connectivity index (χ0v) is 21.9. The Hall–Kier alpha value is -3.32. The van der Waals surface area contributed by atoms with Gasteiger partial charge in [-0.25, -0.2) is 13.8 Å². The van der Waals surface area contributed by atoms with E-state index in [1.165, 1.54) is 11.7 Å². The molecule has 0 aliphatic carbocycles. The van der Waals surface area contributed by atoms with Gasteiger partial charge in [0.2, 0.25) is 23.8 Å². The molecule has 11 nitrogen and oxygen atoms in total. The summed E-state index contributed by atoms with van der Waals surface area (Å²) in [5, 5.41) is 0. The third kappa shape index (κ3) is 4.92. The van der Waals surface area contributed by atoms with Crippen molar-refractivity contribution in [3.8, 4) is 11.7 Å². The molecule has 2 aromatic heterocycles. The number of nitrogens with zero attached hydrogens (tertiary/aromatic N) is 8. The third-order valence-electron chi connectivity index (χ3n) is 6.87. The molecule has 14 heteroatoms. The fourth-order valence-corrected chi connectivity index (χ4v) is 5.09. The highest BCUT2D eigenvalue weighted by molar-refractivity contribution is 6.27. The first-order chi connectivity index (χ1) is 18.4. The summed E-state index contributed by atoms with van der Waals surface area (Å²) in [6.45, 7) is 2.64. The number of imidazole rings is 1. The van der Waals surface area contributed by atoms with Gasteiger partial charge >= 0.3 is 0 Å². The van der Waals surface area contributed by atoms with Crippen molar-refractivity contribution in [2.75, 3.05) is 62.7 Å². The van der Waals surface area contributed by atoms with Crippen LogP contribution in [-0.2, 0) is 9.53 Å². The molecule has 38 heavy (non-hydrogen) atoms. The minimum Gasteiger partial charge on any atom is -0.494 e. The van der Waals surface area contributed by atoms with E-state index >= 15 is 0 Å². The monoisotopic (exact) mass is 550 g/mol. The van der Waals surface area contributed by atoms with Crippen LogP contribution >= 0.6 is 11.6 Å². The standard InChI is InChI=1S/C24H29ClF2N8O3/c1-32(18(36)14-25)17-8-3-4-9-34(17)23-29-22(33-10-12-38-13-11-33)30-24(31-23)35-15-6-5-7-16(37-2)19(15)28-21(35)20(26)27/h5-7,17,20H,3-4,8-14H2,1-2H3/t17-/m1/s1. The lowest BCUT2D eigenvalue weighted by atomic mass is 10.1. The number of anilines is 2. The van der Waals surface area contributed by atoms with Crippen molar-refractivity contribution in [3.63, 3.8) is 0 Å². The van der Waals surface area contributed by atoms with Crippen LogP contribution in [0.15, 0.2) is 18.2 Å². The highest BCUT2D eigenvalue weighted by Gasteiger charge is 2.32. The first-order valence-electron chi connectivity index (χ1n) is 12.4. The number of benzene rings is 1. The summed E-state index contributed by atoms with van der Waals surface area (Å²) < 4.78 is 40.7. The Morgan fingerprint density at radius 2 is 1.87 bits per heavy atom. The number of hydrogen-bond donors (Lipinski definition) is 0. The van der Waals surface area contributed by atoms with Crippen molar-refractivity contribution in [1.29, 1.82) is 0 Å². The van der Waals surface area contributed by atoms with E-state index in [1.54, 1.807) is 30.1 Å². The van der Waals surface area contributed by atoms with Crippen LogP contribution < -0.4 is 14.5 Å². The number of methoxy groups -OCH3 is 1. The van der Waals surface area contributed by atoms with Crippen molar-refractivity contribution in [2.24, 2.45) is 0 Å². The van der Waals surface area contributed by atoms with Gasteiger partial charge in [-0.1, -0.05) is 6.07 Å². The molecule has 0 unspecified atom stereocenters. The molecule has 1 atom stereocenters. The lowest BCUT2D eigenvalue weighted by Gasteiger charge is -2.41. The molecule has 0 radical (unpaired) electrons. The maximum Gasteiger partial charge on any atom is 0.296 e. The van der Waals surface area contributed by atoms with Gasteiger partial charge in [0.25, 0.3) is 6.43 Å². The van der Waals surface area contributed by atoms with Crippen molar-refractivity contribution in [3.05, 3.63) is 24.0 Å². The van der Waals surface area contributed by atoms with Crippen LogP contribution in [0.5, 0.6) is 5.75 Å². The Kier molecular flexibility index (Phi) is 7.75. The van der Waals surface area contributed by atoms with Gasteiger partial charge in [0.15, 0.2) is 5.82 Å². The van der Waals surface area contributed by atoms with E-state index in [-0.39, 0.29) is 29.4 Å². The van der Waals surface area contributed by atoms with Gasteiger partial charge in [0.1, 0.15) is 23.3 Å². The van der Waals surface area contributed by atoms with Gasteiger partial charge in [-0.3, -0.25) is 9.36 Å². The van der Waals surface area contributed by atoms with E-state index in [4.69, 9.17) is 26.1 Å². The molecule has 1 aromatic carbocycles. The Balaban J connectivity index is 1.69. The van der Waals surface area contributed by atoms with Crippen molar-refractivity contribution in [2.45, 2.75) is 31.9 Å². The second-order valence-corrected chi connectivity index (χ2v) is 9.34. The Morgan fingerprint density at radius 3 is 2.58 bits per heavy atom. The number of ether oxygens (including phenoxy) is 2. The number of carbonyl (C=O) groups is 1. The molecule has 2 fully saturated rings. The van der Waals surface area contributed by atoms with E-state index in [9.17, 15) is 13.6 Å². The molecule has 2 aliphatic rings. The molecular formula is C24H29ClF2N8O3. The number of morpholine rings is 1. The largest absolute Gasteiger partial charge is 0.494 e. The summed E-state index contributed by atoms with van der Waals surface area (Å²) in [6.07, 6.45) is -0.760. The number of halogens is 3. The van der Waals surface area contributed by atoms with Crippen LogP contribution in [0.25, 0.3) is 17.0 Å². The zero-order valence-electron chi connectivity index (χ0n) is 21.2. The highest BCUT2D eigenvalue weighted by atomic mass is 35.5. The summed E-state index contributed by atoms with van der Waals surface area (Å²) in [5.74, 6) is 0.136. The molecule has 204 valence electrons. The number of rotatable bonds is 7. The van der Waals surface area contributed by atoms with Gasteiger partial charge in [-0.15, -0.1) is 11.6 Å². The van der Waals surface area contributed by atoms with E-state index in [1.807, 2.05) is 9.80 Å². The maximum absolute atomic E-state index is 14.3. The number of piperidine rings is 1. The van der Waals surface area contributed by atoms with Crippen molar-refractivity contribution < 1.29 is 23.0 Å². The van der Waals surface area contributed by atoms with Crippen molar-refractivity contribution >= 4 is 40.4 Å². The SMILES string of the molecule is COc1cccc2c1nc(C(F)F)n2-c1nc(N2CCOCC2)nc(N2CCCC[C@@H]2N(C)C(=O)CCl)n1. The Morgan fingerprint density at radius 1 is 1.13 bits per heavy atom. The Labute approximate surface area is 223 Å². The fraction of sp³-hybridized carbons (Fsp3) is 0.542. The molecule has 0 bridgehead atoms. The minimum atomic E-state index is -2.89. The van der Waals surface area contributed by atoms with E-state index in [0.717, 1.165) is 12.8 Å². The van der Waals surface area contributed by atoms with Crippen LogP contribution in [-0.4, -0.2) is 94.4 Å². The summed E-state index contributed by atoms with van der Waals surface area (Å²) in [4.78, 5) is 36.2. The van der Waals surface area contributed by atoms with Gasteiger partial charge in [-0.2, -0.15) is 15.0 Å². The first kappa shape index (κ1) is 26.3. The number of para-hydroxylation sites is 1. The lowest BCUT2D eigenvalue weighted by Crippen LogP contribution is -2.53. The highest BCUT2D eigenvalue weighted by Crippen LogP contribution is 2.33. The molecule has 2 aliphatic heterocycles. The predicted molar refractivity (Wildman–Crippen MR) is 137 cm³/mol. The van der Waals surface area contributed by atoms with E-state index in [2.05, 4.69) is 15.0 Å². The van der Waals surface area contributed by atoms with E-state index in [0.29, 0.717) is 62.4 Å². The number of alkyl halides is 3. The third-order valence-corrected chi connectivity index (χ3v) is 7.09. The topological polar surface area (TPSA) is 102 Å². The van der Waals surface area contributed by atoms with Gasteiger partial charge in [0.05, 0.1) is 25.8 Å². The molecule has 1 amide bonds. The molecule has 2 saturated heterocycles. The maximum atomic E-state index is 14.3. The van der Waals surface area contributed by atoms with Gasteiger partial charge < -0.3 is 24.2 Å². The molecule has 0 saturated carbocycles. The molecule has 4 heterocycles. The Bertz CT molecular complexity index is 1300. The molecule has 0 N–H and O–H groups in total. The summed E-state index contributed by atoms with van der Waals surface area (Å²) in [6, 6.07) is 5.03. The summed E-state index contributed by atoms with van der Waals surface area (Å²) >= 11 is 5.85. The number of amides is 1. The number of hydrogen-bond acceptors (Lipinski definition) is 9. The molecular weight excluding hydrogens is 522 g/mol. The molecule has 0 spiro atoms. The fourth-order valence-electron chi connectivity index (χ4n) is 4.90. The minimum absolute atomic E-state index is 0.0122. The zero-order chi connectivity index (χ0) is 26.8. The van der Waals surface area contributed by atoms with Crippen LogP contribution in [0.4, 0.5) is 20.7 Å². The quantitative estimate of drug-likeness (QED) is 0.411. The van der Waals surface area contributed by atoms with Crippen LogP contribution in [0.3, 0.4) is 0 Å². The second-order valence-electron chi connectivity index (χ2n) is 9.08. The van der Waals surface area contributed by atoms with Crippen LogP contribution in [0.2, 0.25) is 0 Å². The average molecular weight is 551 g/mol. The predicted octanol–water partition coefficient (Wildman–Crippen LogP) is 3.01. The van der Waals surface area contributed by atoms with Crippen LogP contribution in [0, 0.1) is 0 Å². The lowest BCUT2D eigenvalue weighted by molar-refractivity contribution is -0.129. The average Bonchev–Trinajstić information content (AvgIpc) is 3.37. The molecule has 3 aromatic rings. The van der Waals surface area contributed by atoms with Crippen LogP contribution in [0.1, 0.15) is 31.5 Å². The normalized spacial score (nSPS) is 18.3. The number of fused-ring (bicyclic) bond motifs is 1. The van der Waals surface area contributed by atoms with Gasteiger partial charge in [0, 0.05) is 26.7 Å². The summed E-state index contributed by atoms with van der Waals surface area (Å²) in [5.41, 5.74) is 0.665. The smallest absolute Gasteiger partial charge is 0.296 e. The number of carbonyl (C=O) groups excluding carboxylic acids is 1. The van der Waals surface area contributed by atoms with E-state index < -0.39 is 12.2 Å². The number of aromatic nitrogens is 5. The first-order valence-corrected chi connectivity index (χ1v) is 13.0. The van der Waals surface area contributed by atoms with Gasteiger partial charge in [-0.05, 0) is 31.4 Å².